The van der Waals surface area contributed by atoms with E-state index in [0.29, 0.717) is 0 Å². The summed E-state index contributed by atoms with van der Waals surface area (Å²) in [5.41, 5.74) is 0. The quantitative estimate of drug-likeness (QED) is 0.579. The highest BCUT2D eigenvalue weighted by atomic mass is 19.4. The van der Waals surface area contributed by atoms with Crippen molar-refractivity contribution in [3.8, 4) is 0 Å². The van der Waals surface area contributed by atoms with Crippen LogP contribution in [0, 0.1) is 0 Å². The third kappa shape index (κ3) is 2.96. The number of carbonyl (C=O) groups is 2. The molecule has 3 nitrogen and oxygen atoms in total. The number of ether oxygens (including phenoxy) is 1. The molecule has 1 unspecified atom stereocenters. The zero-order valence-electron chi connectivity index (χ0n) is 8.00. The van der Waals surface area contributed by atoms with Crippen LogP contribution in [0.5, 0.6) is 0 Å². The summed E-state index contributed by atoms with van der Waals surface area (Å²) in [7, 11) is 0. The van der Waals surface area contributed by atoms with Crippen molar-refractivity contribution < 1.29 is 58.2 Å². The van der Waals surface area contributed by atoms with Crippen molar-refractivity contribution >= 4 is 12.1 Å². The van der Waals surface area contributed by atoms with Gasteiger partial charge in [0.2, 0.25) is 0 Å². The van der Waals surface area contributed by atoms with Gasteiger partial charge in [-0.3, -0.25) is 14.3 Å². The lowest BCUT2D eigenvalue weighted by Crippen LogP contribution is -2.58. The Hall–Kier alpha value is -1.40. The third-order valence-electron chi connectivity index (χ3n) is 1.50. The summed E-state index contributed by atoms with van der Waals surface area (Å²) < 4.78 is 122. The highest BCUT2D eigenvalue weighted by molar-refractivity contribution is 5.79. The van der Waals surface area contributed by atoms with E-state index in [1.54, 1.807) is 4.74 Å². The van der Waals surface area contributed by atoms with Gasteiger partial charge in [-0.05, 0) is 0 Å². The van der Waals surface area contributed by atoms with Gasteiger partial charge in [0.1, 0.15) is 0 Å². The number of rotatable bonds is 5. The number of halogens is 10. The molecule has 0 radical (unpaired) electrons. The van der Waals surface area contributed by atoms with Crippen molar-refractivity contribution in [2.45, 2.75) is 24.1 Å². The van der Waals surface area contributed by atoms with Crippen LogP contribution in [0.1, 0.15) is 0 Å². The zero-order valence-corrected chi connectivity index (χ0v) is 8.00. The minimum atomic E-state index is -6.82. The van der Waals surface area contributed by atoms with Crippen LogP contribution in [0.25, 0.3) is 0 Å². The minimum Gasteiger partial charge on any atom is -0.261 e. The lowest BCUT2D eigenvalue weighted by atomic mass is 10.3. The lowest BCUT2D eigenvalue weighted by Gasteiger charge is -2.29. The van der Waals surface area contributed by atoms with Crippen LogP contribution in [-0.4, -0.2) is 36.1 Å². The average Bonchev–Trinajstić information content (AvgIpc) is 2.13. The van der Waals surface area contributed by atoms with Gasteiger partial charge in [0.15, 0.2) is 0 Å². The summed E-state index contributed by atoms with van der Waals surface area (Å²) >= 11 is 0. The summed E-state index contributed by atoms with van der Waals surface area (Å²) in [6.07, 6.45) is -13.6. The first-order valence-electron chi connectivity index (χ1n) is 3.71. The molecule has 0 saturated heterocycles. The maximum Gasteiger partial charge on any atom is 0.459 e. The van der Waals surface area contributed by atoms with Crippen molar-refractivity contribution in [3.05, 3.63) is 0 Å². The Bertz CT molecular complexity index is 387. The van der Waals surface area contributed by atoms with E-state index < -0.39 is 36.1 Å². The second kappa shape index (κ2) is 4.61. The van der Waals surface area contributed by atoms with Crippen LogP contribution in [-0.2, 0) is 14.3 Å². The van der Waals surface area contributed by atoms with E-state index in [0.717, 1.165) is 0 Å². The second-order valence-corrected chi connectivity index (χ2v) is 2.83. The molecule has 1 atom stereocenters. The predicted molar refractivity (Wildman–Crippen MR) is 33.1 cm³/mol. The maximum absolute atomic E-state index is 12.6. The van der Waals surface area contributed by atoms with Gasteiger partial charge in [-0.25, -0.2) is 0 Å². The molecule has 0 bridgehead atoms. The van der Waals surface area contributed by atoms with Crippen LogP contribution in [0.4, 0.5) is 43.9 Å². The van der Waals surface area contributed by atoms with Gasteiger partial charge in [-0.15, -0.1) is 0 Å². The van der Waals surface area contributed by atoms with E-state index in [-0.39, 0.29) is 0 Å². The number of alkyl halides is 8. The number of hydrogen-bond acceptors (Lipinski definition) is 3. The SMILES string of the molecule is O=C(F)C(F)(F)C(F)(F)OC(F)(C(=O)F)C(F)(F)F. The Balaban J connectivity index is 5.64. The van der Waals surface area contributed by atoms with E-state index in [4.69, 9.17) is 0 Å². The molecular weight excluding hydrogens is 310 g/mol. The molecule has 0 N–H and O–H groups in total. The van der Waals surface area contributed by atoms with Crippen LogP contribution in [0.2, 0.25) is 0 Å². The standard InChI is InChI=1S/C6F10O3/c7-1(17)3(9,10)6(15,16)19-4(11,2(8)18)5(12,13)14. The van der Waals surface area contributed by atoms with Gasteiger partial charge in [-0.2, -0.15) is 43.9 Å². The summed E-state index contributed by atoms with van der Waals surface area (Å²) in [4.78, 5) is 19.1. The van der Waals surface area contributed by atoms with E-state index in [9.17, 15) is 53.5 Å². The highest BCUT2D eigenvalue weighted by Gasteiger charge is 2.75. The van der Waals surface area contributed by atoms with Crippen molar-refractivity contribution in [2.24, 2.45) is 0 Å². The smallest absolute Gasteiger partial charge is 0.261 e. The molecule has 0 amide bonds. The van der Waals surface area contributed by atoms with Gasteiger partial charge < -0.3 is 0 Å². The molecule has 0 aromatic heterocycles. The molecule has 19 heavy (non-hydrogen) atoms. The molecule has 13 heteroatoms. The van der Waals surface area contributed by atoms with Gasteiger partial charge in [-0.1, -0.05) is 0 Å². The molecular formula is C6F10O3. The molecule has 0 aromatic carbocycles. The Morgan fingerprint density at radius 2 is 1.11 bits per heavy atom. The van der Waals surface area contributed by atoms with Crippen LogP contribution >= 0.6 is 0 Å². The fourth-order valence-corrected chi connectivity index (χ4v) is 0.565. The minimum absolute atomic E-state index is 1.72. The average molecular weight is 310 g/mol. The fourth-order valence-electron chi connectivity index (χ4n) is 0.565. The summed E-state index contributed by atoms with van der Waals surface area (Å²) in [5.74, 6) is -13.1. The first-order valence-corrected chi connectivity index (χ1v) is 3.71. The monoisotopic (exact) mass is 310 g/mol. The first-order chi connectivity index (χ1) is 8.09. The van der Waals surface area contributed by atoms with Crippen molar-refractivity contribution in [2.75, 3.05) is 0 Å². The molecule has 0 aliphatic heterocycles. The number of hydrogen-bond donors (Lipinski definition) is 0. The second-order valence-electron chi connectivity index (χ2n) is 2.83. The topological polar surface area (TPSA) is 43.4 Å². The summed E-state index contributed by atoms with van der Waals surface area (Å²) in [6.45, 7) is 0. The molecule has 0 fully saturated rings. The van der Waals surface area contributed by atoms with Gasteiger partial charge in [0.25, 0.3) is 0 Å². The zero-order chi connectivity index (χ0) is 15.9. The van der Waals surface area contributed by atoms with Gasteiger partial charge in [0.05, 0.1) is 0 Å². The van der Waals surface area contributed by atoms with Crippen molar-refractivity contribution in [1.29, 1.82) is 0 Å². The largest absolute Gasteiger partial charge is 0.459 e. The van der Waals surface area contributed by atoms with E-state index in [1.165, 1.54) is 0 Å². The summed E-state index contributed by atoms with van der Waals surface area (Å²) in [5, 5.41) is 0. The number of carbonyl (C=O) groups excluding carboxylic acids is 2. The Morgan fingerprint density at radius 3 is 1.32 bits per heavy atom. The van der Waals surface area contributed by atoms with Gasteiger partial charge in [0, 0.05) is 0 Å². The molecule has 0 heterocycles. The Kier molecular flexibility index (Phi) is 4.27. The van der Waals surface area contributed by atoms with Crippen LogP contribution < -0.4 is 0 Å². The van der Waals surface area contributed by atoms with Crippen molar-refractivity contribution in [3.63, 3.8) is 0 Å². The highest BCUT2D eigenvalue weighted by Crippen LogP contribution is 2.45. The predicted octanol–water partition coefficient (Wildman–Crippen LogP) is 2.45. The molecule has 112 valence electrons. The molecule has 0 spiro atoms. The van der Waals surface area contributed by atoms with Gasteiger partial charge >= 0.3 is 36.1 Å². The van der Waals surface area contributed by atoms with E-state index in [1.807, 2.05) is 0 Å². The molecule has 0 rings (SSSR count). The molecule has 0 aliphatic carbocycles. The fraction of sp³-hybridized carbons (Fsp3) is 0.667. The third-order valence-corrected chi connectivity index (χ3v) is 1.50. The van der Waals surface area contributed by atoms with Crippen LogP contribution in [0.3, 0.4) is 0 Å². The van der Waals surface area contributed by atoms with Crippen LogP contribution in [0.15, 0.2) is 0 Å². The van der Waals surface area contributed by atoms with E-state index >= 15 is 0 Å². The Morgan fingerprint density at radius 1 is 0.737 bits per heavy atom. The molecule has 0 aromatic rings. The molecule has 0 saturated carbocycles. The summed E-state index contributed by atoms with van der Waals surface area (Å²) in [6, 6.07) is -8.44. The first kappa shape index (κ1) is 17.6. The van der Waals surface area contributed by atoms with E-state index in [2.05, 4.69) is 0 Å². The van der Waals surface area contributed by atoms with Crippen molar-refractivity contribution in [1.82, 2.24) is 0 Å². The molecule has 0 aliphatic rings. The maximum atomic E-state index is 12.6. The lowest BCUT2D eigenvalue weighted by molar-refractivity contribution is -0.431. The Labute approximate surface area is 95.7 Å². The normalized spacial score (nSPS) is 16.9.